The summed E-state index contributed by atoms with van der Waals surface area (Å²) in [5, 5.41) is 9.60. The average Bonchev–Trinajstić information content (AvgIpc) is 2.49. The Hall–Kier alpha value is -0.920. The smallest absolute Gasteiger partial charge is 0.186 e. The zero-order valence-corrected chi connectivity index (χ0v) is 12.9. The summed E-state index contributed by atoms with van der Waals surface area (Å²) in [4.78, 5) is 6.52. The topological polar surface area (TPSA) is 50.1 Å². The fourth-order valence-corrected chi connectivity index (χ4v) is 2.80. The number of pyridine rings is 1. The van der Waals surface area contributed by atoms with E-state index >= 15 is 0 Å². The number of halogens is 1. The molecule has 2 aliphatic heterocycles. The molecule has 1 saturated heterocycles. The predicted octanol–water partition coefficient (Wildman–Crippen LogP) is 1.80. The van der Waals surface area contributed by atoms with E-state index < -0.39 is 0 Å². The van der Waals surface area contributed by atoms with E-state index in [0.29, 0.717) is 0 Å². The largest absolute Gasteiger partial charge is 0.378 e. The summed E-state index contributed by atoms with van der Waals surface area (Å²) >= 11 is 1.72. The second kappa shape index (κ2) is 7.02. The standard InChI is InChI=1S/C12H14N4OS.BrH/c1-2-4-13-10(3-1)11-9-18-12(15-14-11)16-5-7-17-8-6-16;/h1-4H,5-9H2;1H. The number of amidine groups is 1. The van der Waals surface area contributed by atoms with Crippen molar-refractivity contribution in [3.05, 3.63) is 30.1 Å². The average molecular weight is 343 g/mol. The third-order valence-electron chi connectivity index (χ3n) is 2.84. The molecule has 1 fully saturated rings. The lowest BCUT2D eigenvalue weighted by Gasteiger charge is -2.29. The quantitative estimate of drug-likeness (QED) is 0.780. The normalized spacial score (nSPS) is 19.3. The number of aromatic nitrogens is 1. The molecule has 19 heavy (non-hydrogen) atoms. The monoisotopic (exact) mass is 342 g/mol. The summed E-state index contributed by atoms with van der Waals surface area (Å²) in [6.07, 6.45) is 1.78. The molecule has 7 heteroatoms. The first kappa shape index (κ1) is 14.5. The van der Waals surface area contributed by atoms with Gasteiger partial charge >= 0.3 is 0 Å². The Morgan fingerprint density at radius 3 is 2.63 bits per heavy atom. The minimum absolute atomic E-state index is 0. The van der Waals surface area contributed by atoms with Crippen molar-refractivity contribution in [3.8, 4) is 0 Å². The Kier molecular flexibility index (Phi) is 5.35. The maximum Gasteiger partial charge on any atom is 0.186 e. The van der Waals surface area contributed by atoms with E-state index in [0.717, 1.165) is 48.6 Å². The molecule has 3 rings (SSSR count). The molecule has 5 nitrogen and oxygen atoms in total. The molecule has 0 aliphatic carbocycles. The van der Waals surface area contributed by atoms with E-state index in [1.807, 2.05) is 18.2 Å². The predicted molar refractivity (Wildman–Crippen MR) is 83.4 cm³/mol. The summed E-state index contributed by atoms with van der Waals surface area (Å²) in [5.74, 6) is 0.827. The zero-order valence-electron chi connectivity index (χ0n) is 10.4. The summed E-state index contributed by atoms with van der Waals surface area (Å²) in [5.41, 5.74) is 1.85. The molecule has 0 unspecified atom stereocenters. The number of morpholine rings is 1. The SMILES string of the molecule is Br.c1ccc(C2=NN=C(N3CCOCC3)SC2)nc1. The van der Waals surface area contributed by atoms with Crippen molar-refractivity contribution in [2.75, 3.05) is 32.1 Å². The van der Waals surface area contributed by atoms with Gasteiger partial charge in [0.15, 0.2) is 5.17 Å². The van der Waals surface area contributed by atoms with E-state index in [4.69, 9.17) is 4.74 Å². The number of nitrogens with zero attached hydrogens (tertiary/aromatic N) is 4. The lowest BCUT2D eigenvalue weighted by molar-refractivity contribution is 0.0692. The summed E-state index contributed by atoms with van der Waals surface area (Å²) in [6, 6.07) is 5.84. The van der Waals surface area contributed by atoms with Crippen LogP contribution in [0.15, 0.2) is 34.6 Å². The van der Waals surface area contributed by atoms with Crippen LogP contribution in [0.3, 0.4) is 0 Å². The summed E-state index contributed by atoms with van der Waals surface area (Å²) in [7, 11) is 0. The summed E-state index contributed by atoms with van der Waals surface area (Å²) in [6.45, 7) is 3.35. The van der Waals surface area contributed by atoms with Crippen LogP contribution < -0.4 is 0 Å². The van der Waals surface area contributed by atoms with Crippen LogP contribution >= 0.6 is 28.7 Å². The van der Waals surface area contributed by atoms with Gasteiger partial charge in [0.05, 0.1) is 24.6 Å². The minimum Gasteiger partial charge on any atom is -0.378 e. The molecule has 0 spiro atoms. The Morgan fingerprint density at radius 2 is 2.00 bits per heavy atom. The van der Waals surface area contributed by atoms with Gasteiger partial charge in [-0.2, -0.15) is 0 Å². The second-order valence-electron chi connectivity index (χ2n) is 4.03. The van der Waals surface area contributed by atoms with Gasteiger partial charge in [0.1, 0.15) is 0 Å². The molecule has 2 aliphatic rings. The van der Waals surface area contributed by atoms with Crippen LogP contribution in [0, 0.1) is 0 Å². The number of rotatable bonds is 1. The third kappa shape index (κ3) is 3.55. The molecule has 0 N–H and O–H groups in total. The van der Waals surface area contributed by atoms with Gasteiger partial charge in [-0.15, -0.1) is 27.2 Å². The van der Waals surface area contributed by atoms with Gasteiger partial charge in [-0.25, -0.2) is 0 Å². The van der Waals surface area contributed by atoms with Crippen LogP contribution in [0.1, 0.15) is 5.69 Å². The molecule has 1 aromatic heterocycles. The maximum atomic E-state index is 5.33. The minimum atomic E-state index is 0. The Balaban J connectivity index is 0.00000133. The van der Waals surface area contributed by atoms with Gasteiger partial charge in [-0.1, -0.05) is 17.8 Å². The molecule has 102 valence electrons. The van der Waals surface area contributed by atoms with Crippen molar-refractivity contribution >= 4 is 39.6 Å². The molecule has 0 aromatic carbocycles. The van der Waals surface area contributed by atoms with Crippen LogP contribution in [0.4, 0.5) is 0 Å². The van der Waals surface area contributed by atoms with Gasteiger partial charge in [0.25, 0.3) is 0 Å². The molecule has 0 saturated carbocycles. The van der Waals surface area contributed by atoms with Gasteiger partial charge in [0, 0.05) is 25.0 Å². The van der Waals surface area contributed by atoms with Crippen LogP contribution in [-0.2, 0) is 4.74 Å². The van der Waals surface area contributed by atoms with Crippen LogP contribution in [0.5, 0.6) is 0 Å². The first-order valence-electron chi connectivity index (χ1n) is 5.95. The van der Waals surface area contributed by atoms with Gasteiger partial charge < -0.3 is 9.64 Å². The molecule has 0 bridgehead atoms. The maximum absolute atomic E-state index is 5.33. The van der Waals surface area contributed by atoms with Crippen LogP contribution in [0.25, 0.3) is 0 Å². The fraction of sp³-hybridized carbons (Fsp3) is 0.417. The van der Waals surface area contributed by atoms with Crippen molar-refractivity contribution in [2.24, 2.45) is 10.2 Å². The molecule has 0 atom stereocenters. The van der Waals surface area contributed by atoms with Crippen molar-refractivity contribution < 1.29 is 4.74 Å². The molecular formula is C12H15BrN4OS. The highest BCUT2D eigenvalue weighted by molar-refractivity contribution is 8.93. The first-order valence-corrected chi connectivity index (χ1v) is 6.93. The highest BCUT2D eigenvalue weighted by Crippen LogP contribution is 2.18. The van der Waals surface area contributed by atoms with Crippen LogP contribution in [-0.4, -0.2) is 52.8 Å². The van der Waals surface area contributed by atoms with Gasteiger partial charge in [0.2, 0.25) is 0 Å². The van der Waals surface area contributed by atoms with Gasteiger partial charge in [-0.05, 0) is 12.1 Å². The third-order valence-corrected chi connectivity index (χ3v) is 3.85. The van der Waals surface area contributed by atoms with E-state index in [9.17, 15) is 0 Å². The summed E-state index contributed by atoms with van der Waals surface area (Å²) < 4.78 is 5.33. The molecule has 0 amide bonds. The van der Waals surface area contributed by atoms with Crippen LogP contribution in [0.2, 0.25) is 0 Å². The Morgan fingerprint density at radius 1 is 1.16 bits per heavy atom. The number of ether oxygens (including phenoxy) is 1. The number of thioether (sulfide) groups is 1. The van der Waals surface area contributed by atoms with Crippen molar-refractivity contribution in [2.45, 2.75) is 0 Å². The molecular weight excluding hydrogens is 328 g/mol. The number of hydrogen-bond acceptors (Lipinski definition) is 6. The highest BCUT2D eigenvalue weighted by Gasteiger charge is 2.20. The van der Waals surface area contributed by atoms with E-state index in [1.165, 1.54) is 0 Å². The van der Waals surface area contributed by atoms with Crippen molar-refractivity contribution in [1.82, 2.24) is 9.88 Å². The Bertz CT molecular complexity index is 474. The van der Waals surface area contributed by atoms with Gasteiger partial charge in [-0.3, -0.25) is 4.98 Å². The lowest BCUT2D eigenvalue weighted by Crippen LogP contribution is -2.40. The molecule has 0 radical (unpaired) electrons. The zero-order chi connectivity index (χ0) is 12.2. The van der Waals surface area contributed by atoms with E-state index in [1.54, 1.807) is 18.0 Å². The van der Waals surface area contributed by atoms with Crippen molar-refractivity contribution in [1.29, 1.82) is 0 Å². The Labute approximate surface area is 126 Å². The first-order chi connectivity index (χ1) is 8.93. The van der Waals surface area contributed by atoms with E-state index in [2.05, 4.69) is 20.1 Å². The molecule has 1 aromatic rings. The fourth-order valence-electron chi connectivity index (χ4n) is 1.86. The van der Waals surface area contributed by atoms with Crippen molar-refractivity contribution in [3.63, 3.8) is 0 Å². The molecule has 3 heterocycles. The lowest BCUT2D eigenvalue weighted by atomic mass is 10.2. The second-order valence-corrected chi connectivity index (χ2v) is 4.97. The highest BCUT2D eigenvalue weighted by atomic mass is 79.9. The number of hydrogen-bond donors (Lipinski definition) is 0. The van der Waals surface area contributed by atoms with E-state index in [-0.39, 0.29) is 17.0 Å².